The fraction of sp³-hybridized carbons (Fsp3) is 0.625. The molecule has 6 rings (SSSR count). The van der Waals surface area contributed by atoms with E-state index >= 15 is 0 Å². The fourth-order valence-electron chi connectivity index (χ4n) is 7.25. The summed E-state index contributed by atoms with van der Waals surface area (Å²) in [7, 11) is -4.13. The van der Waals surface area contributed by atoms with Crippen molar-refractivity contribution in [1.29, 1.82) is 0 Å². The standard InChI is InChI=1S/C24H30N14O3S/c25-34-29-6-1-7-30-42(40,41)21-20(32-37-38(21)14-16-2-4-19(5-3-16)31-35-26)13-28-22(39)23-9-17-8-18(10-23)12-24(11-17,15-23)33-36-27/h2-5,17-18,30H,1,6-15H2,(H,28,39). The zero-order chi connectivity index (χ0) is 29.8. The van der Waals surface area contributed by atoms with E-state index in [0.29, 0.717) is 42.3 Å². The second-order valence-corrected chi connectivity index (χ2v) is 13.1. The van der Waals surface area contributed by atoms with Crippen LogP contribution in [0.2, 0.25) is 0 Å². The van der Waals surface area contributed by atoms with Gasteiger partial charge in [0.2, 0.25) is 5.91 Å². The molecule has 17 nitrogen and oxygen atoms in total. The maximum Gasteiger partial charge on any atom is 0.259 e. The first-order valence-electron chi connectivity index (χ1n) is 13.6. The third-order valence-corrected chi connectivity index (χ3v) is 9.95. The molecule has 0 radical (unpaired) electrons. The maximum atomic E-state index is 13.7. The molecule has 1 heterocycles. The third-order valence-electron chi connectivity index (χ3n) is 8.41. The van der Waals surface area contributed by atoms with Gasteiger partial charge in [0.1, 0.15) is 5.69 Å². The highest BCUT2D eigenvalue weighted by Gasteiger charge is 2.60. The van der Waals surface area contributed by atoms with Gasteiger partial charge >= 0.3 is 0 Å². The van der Waals surface area contributed by atoms with Crippen molar-refractivity contribution in [1.82, 2.24) is 25.0 Å². The lowest BCUT2D eigenvalue weighted by Crippen LogP contribution is -2.59. The number of aromatic nitrogens is 3. The van der Waals surface area contributed by atoms with Crippen LogP contribution in [0, 0.1) is 17.3 Å². The molecule has 42 heavy (non-hydrogen) atoms. The molecule has 4 fully saturated rings. The Morgan fingerprint density at radius 3 is 2.48 bits per heavy atom. The summed E-state index contributed by atoms with van der Waals surface area (Å²) in [6, 6.07) is 6.57. The minimum absolute atomic E-state index is 0.0204. The number of azide groups is 3. The normalized spacial score (nSPS) is 25.6. The summed E-state index contributed by atoms with van der Waals surface area (Å²) >= 11 is 0. The summed E-state index contributed by atoms with van der Waals surface area (Å²) in [6.07, 6.45) is 4.84. The molecule has 18 heteroatoms. The Labute approximate surface area is 241 Å². The van der Waals surface area contributed by atoms with Crippen molar-refractivity contribution in [3.63, 3.8) is 0 Å². The molecular weight excluding hydrogens is 564 g/mol. The fourth-order valence-corrected chi connectivity index (χ4v) is 8.61. The molecule has 1 amide bonds. The predicted molar refractivity (Wildman–Crippen MR) is 149 cm³/mol. The summed E-state index contributed by atoms with van der Waals surface area (Å²) in [5.74, 6) is 0.446. The minimum atomic E-state index is -4.13. The van der Waals surface area contributed by atoms with Crippen LogP contribution in [0.5, 0.6) is 0 Å². The molecule has 1 aromatic carbocycles. The molecule has 220 valence electrons. The summed E-state index contributed by atoms with van der Waals surface area (Å²) in [6.45, 7) is 0.0363. The van der Waals surface area contributed by atoms with Crippen LogP contribution in [-0.4, -0.2) is 47.9 Å². The van der Waals surface area contributed by atoms with Gasteiger partial charge < -0.3 is 5.32 Å². The smallest absolute Gasteiger partial charge is 0.259 e. The highest BCUT2D eigenvalue weighted by atomic mass is 32.2. The highest BCUT2D eigenvalue weighted by Crippen LogP contribution is 2.63. The topological polar surface area (TPSA) is 252 Å². The van der Waals surface area contributed by atoms with E-state index in [0.717, 1.165) is 19.3 Å². The Kier molecular flexibility index (Phi) is 8.25. The van der Waals surface area contributed by atoms with Crippen LogP contribution in [0.25, 0.3) is 31.3 Å². The quantitative estimate of drug-likeness (QED) is 0.146. The first-order valence-corrected chi connectivity index (χ1v) is 15.1. The van der Waals surface area contributed by atoms with Crippen LogP contribution < -0.4 is 10.0 Å². The molecule has 2 aromatic rings. The first-order chi connectivity index (χ1) is 20.2. The number of benzene rings is 1. The molecule has 2 unspecified atom stereocenters. The molecule has 0 saturated heterocycles. The van der Waals surface area contributed by atoms with E-state index in [1.807, 2.05) is 0 Å². The molecule has 4 saturated carbocycles. The average molecular weight is 595 g/mol. The lowest BCUT2D eigenvalue weighted by atomic mass is 9.47. The Morgan fingerprint density at radius 1 is 1.07 bits per heavy atom. The van der Waals surface area contributed by atoms with Crippen LogP contribution in [-0.2, 0) is 27.9 Å². The second-order valence-electron chi connectivity index (χ2n) is 11.4. The summed E-state index contributed by atoms with van der Waals surface area (Å²) < 4.78 is 30.6. The van der Waals surface area contributed by atoms with Gasteiger partial charge in [0.25, 0.3) is 10.0 Å². The van der Waals surface area contributed by atoms with Gasteiger partial charge in [0.15, 0.2) is 5.03 Å². The maximum absolute atomic E-state index is 13.7. The number of nitrogens with zero attached hydrogens (tertiary/aromatic N) is 12. The van der Waals surface area contributed by atoms with E-state index in [2.05, 4.69) is 50.4 Å². The Morgan fingerprint density at radius 2 is 1.81 bits per heavy atom. The van der Waals surface area contributed by atoms with Gasteiger partial charge in [0, 0.05) is 33.5 Å². The number of amides is 1. The van der Waals surface area contributed by atoms with Crippen LogP contribution >= 0.6 is 0 Å². The van der Waals surface area contributed by atoms with E-state index in [1.54, 1.807) is 24.3 Å². The molecule has 0 spiro atoms. The van der Waals surface area contributed by atoms with Gasteiger partial charge in [-0.15, -0.1) is 5.10 Å². The van der Waals surface area contributed by atoms with Crippen LogP contribution in [0.1, 0.15) is 56.2 Å². The first kappa shape index (κ1) is 29.2. The summed E-state index contributed by atoms with van der Waals surface area (Å²) in [5.41, 5.74) is 26.3. The van der Waals surface area contributed by atoms with E-state index < -0.39 is 21.0 Å². The van der Waals surface area contributed by atoms with Crippen molar-refractivity contribution in [2.45, 2.75) is 68.6 Å². The number of hydrogen-bond donors (Lipinski definition) is 2. The lowest BCUT2D eigenvalue weighted by molar-refractivity contribution is -0.148. The zero-order valence-electron chi connectivity index (χ0n) is 22.7. The van der Waals surface area contributed by atoms with Gasteiger partial charge in [-0.05, 0) is 78.9 Å². The number of hydrogen-bond acceptors (Lipinski definition) is 8. The Bertz CT molecular complexity index is 1590. The third kappa shape index (κ3) is 5.98. The summed E-state index contributed by atoms with van der Waals surface area (Å²) in [5, 5.41) is 22.1. The van der Waals surface area contributed by atoms with Crippen molar-refractivity contribution >= 4 is 21.6 Å². The van der Waals surface area contributed by atoms with E-state index in [-0.39, 0.29) is 49.2 Å². The highest BCUT2D eigenvalue weighted by molar-refractivity contribution is 7.89. The molecule has 1 aromatic heterocycles. The second kappa shape index (κ2) is 11.9. The molecule has 2 N–H and O–H groups in total. The number of rotatable bonds is 13. The van der Waals surface area contributed by atoms with Crippen molar-refractivity contribution in [3.8, 4) is 0 Å². The van der Waals surface area contributed by atoms with E-state index in [1.165, 1.54) is 4.68 Å². The van der Waals surface area contributed by atoms with E-state index in [9.17, 15) is 18.7 Å². The molecule has 4 bridgehead atoms. The molecule has 0 aliphatic heterocycles. The van der Waals surface area contributed by atoms with Crippen LogP contribution in [0.15, 0.2) is 44.6 Å². The van der Waals surface area contributed by atoms with Crippen LogP contribution in [0.4, 0.5) is 5.69 Å². The van der Waals surface area contributed by atoms with Gasteiger partial charge in [-0.25, -0.2) is 17.8 Å². The molecular formula is C24H30N14O3S. The minimum Gasteiger partial charge on any atom is -0.350 e. The van der Waals surface area contributed by atoms with Crippen LogP contribution in [0.3, 0.4) is 0 Å². The lowest BCUT2D eigenvalue weighted by Gasteiger charge is -2.59. The predicted octanol–water partition coefficient (Wildman–Crippen LogP) is 4.51. The van der Waals surface area contributed by atoms with Gasteiger partial charge in [0.05, 0.1) is 24.0 Å². The monoisotopic (exact) mass is 594 g/mol. The molecule has 4 aliphatic rings. The molecule has 2 atom stereocenters. The van der Waals surface area contributed by atoms with E-state index in [4.69, 9.17) is 11.1 Å². The number of sulfonamides is 1. The van der Waals surface area contributed by atoms with Crippen molar-refractivity contribution in [2.75, 3.05) is 13.1 Å². The summed E-state index contributed by atoms with van der Waals surface area (Å²) in [4.78, 5) is 22.2. The Hall–Kier alpha value is -4.33. The average Bonchev–Trinajstić information content (AvgIpc) is 3.35. The van der Waals surface area contributed by atoms with Gasteiger partial charge in [-0.3, -0.25) is 4.79 Å². The largest absolute Gasteiger partial charge is 0.350 e. The SMILES string of the molecule is [N-]=[N+]=NCCCNS(=O)(=O)c1c(CNC(=O)C23CC4CC(CC(N=[N+]=[N-])(C4)C2)C3)nnn1Cc1ccc(N=[N+]=[N-])cc1. The van der Waals surface area contributed by atoms with Gasteiger partial charge in [-0.1, -0.05) is 44.8 Å². The number of carbonyl (C=O) groups is 1. The zero-order valence-corrected chi connectivity index (χ0v) is 23.6. The van der Waals surface area contributed by atoms with Crippen molar-refractivity contribution in [2.24, 2.45) is 32.6 Å². The van der Waals surface area contributed by atoms with Crippen molar-refractivity contribution < 1.29 is 13.2 Å². The number of carbonyl (C=O) groups excluding carboxylic acids is 1. The number of nitrogens with one attached hydrogen (secondary N) is 2. The Balaban J connectivity index is 1.37. The van der Waals surface area contributed by atoms with Gasteiger partial charge in [-0.2, -0.15) is 0 Å². The van der Waals surface area contributed by atoms with Crippen molar-refractivity contribution in [3.05, 3.63) is 66.9 Å². The molecule has 4 aliphatic carbocycles.